The number of nitrogens with one attached hydrogen (secondary N) is 1. The molecule has 2 atom stereocenters. The second-order valence-electron chi connectivity index (χ2n) is 6.38. The van der Waals surface area contributed by atoms with Crippen LogP contribution in [0.3, 0.4) is 0 Å². The standard InChI is InChI=1S/C18H22N4O2/c1-13-4-6-16(7-5-13)22-12-15(10-17(22)23)18(24)20-14(2)11-21-9-3-8-19-21/h3-9,14-15H,10-12H2,1-2H3,(H,20,24)/t14-,15+/m1/s1. The molecule has 6 heteroatoms. The van der Waals surface area contributed by atoms with Crippen LogP contribution in [-0.2, 0) is 16.1 Å². The van der Waals surface area contributed by atoms with E-state index in [1.54, 1.807) is 15.8 Å². The molecule has 1 fully saturated rings. The highest BCUT2D eigenvalue weighted by atomic mass is 16.2. The van der Waals surface area contributed by atoms with E-state index in [1.807, 2.05) is 50.4 Å². The van der Waals surface area contributed by atoms with Crippen LogP contribution >= 0.6 is 0 Å². The first-order chi connectivity index (χ1) is 11.5. The summed E-state index contributed by atoms with van der Waals surface area (Å²) < 4.78 is 1.78. The van der Waals surface area contributed by atoms with Gasteiger partial charge in [0.1, 0.15) is 0 Å². The zero-order valence-corrected chi connectivity index (χ0v) is 14.0. The lowest BCUT2D eigenvalue weighted by Gasteiger charge is -2.18. The SMILES string of the molecule is Cc1ccc(N2C[C@@H](C(=O)N[C@H](C)Cn3cccn3)CC2=O)cc1. The number of nitrogens with zero attached hydrogens (tertiary/aromatic N) is 3. The van der Waals surface area contributed by atoms with Crippen molar-refractivity contribution in [3.05, 3.63) is 48.3 Å². The van der Waals surface area contributed by atoms with Crippen molar-refractivity contribution in [2.24, 2.45) is 5.92 Å². The normalized spacial score (nSPS) is 18.7. The van der Waals surface area contributed by atoms with Crippen molar-refractivity contribution in [1.82, 2.24) is 15.1 Å². The van der Waals surface area contributed by atoms with E-state index in [0.717, 1.165) is 11.3 Å². The summed E-state index contributed by atoms with van der Waals surface area (Å²) in [6.07, 6.45) is 3.83. The topological polar surface area (TPSA) is 67.2 Å². The van der Waals surface area contributed by atoms with Crippen LogP contribution in [0.4, 0.5) is 5.69 Å². The Hall–Kier alpha value is -2.63. The van der Waals surface area contributed by atoms with Gasteiger partial charge in [0.25, 0.3) is 0 Å². The highest BCUT2D eigenvalue weighted by Gasteiger charge is 2.35. The summed E-state index contributed by atoms with van der Waals surface area (Å²) >= 11 is 0. The zero-order valence-electron chi connectivity index (χ0n) is 14.0. The lowest BCUT2D eigenvalue weighted by molar-refractivity contribution is -0.126. The molecule has 3 rings (SSSR count). The molecule has 1 N–H and O–H groups in total. The number of hydrogen-bond acceptors (Lipinski definition) is 3. The molecule has 1 saturated heterocycles. The van der Waals surface area contributed by atoms with Gasteiger partial charge in [0, 0.05) is 37.1 Å². The molecule has 0 saturated carbocycles. The molecule has 2 heterocycles. The molecule has 0 unspecified atom stereocenters. The van der Waals surface area contributed by atoms with E-state index < -0.39 is 0 Å². The third kappa shape index (κ3) is 3.64. The van der Waals surface area contributed by atoms with Crippen molar-refractivity contribution in [2.45, 2.75) is 32.9 Å². The van der Waals surface area contributed by atoms with Crippen LogP contribution in [0, 0.1) is 12.8 Å². The first-order valence-corrected chi connectivity index (χ1v) is 8.18. The number of anilines is 1. The quantitative estimate of drug-likeness (QED) is 0.910. The number of aromatic nitrogens is 2. The molecule has 0 spiro atoms. The average molecular weight is 326 g/mol. The van der Waals surface area contributed by atoms with Gasteiger partial charge in [-0.3, -0.25) is 14.3 Å². The second-order valence-corrected chi connectivity index (χ2v) is 6.38. The summed E-state index contributed by atoms with van der Waals surface area (Å²) in [6.45, 7) is 4.99. The van der Waals surface area contributed by atoms with Crippen LogP contribution in [0.15, 0.2) is 42.7 Å². The van der Waals surface area contributed by atoms with Crippen molar-refractivity contribution in [3.8, 4) is 0 Å². The van der Waals surface area contributed by atoms with E-state index in [9.17, 15) is 9.59 Å². The Morgan fingerprint density at radius 2 is 2.12 bits per heavy atom. The van der Waals surface area contributed by atoms with Crippen LogP contribution in [0.25, 0.3) is 0 Å². The van der Waals surface area contributed by atoms with Gasteiger partial charge in [0.15, 0.2) is 0 Å². The molecule has 2 amide bonds. The van der Waals surface area contributed by atoms with E-state index in [-0.39, 0.29) is 30.2 Å². The van der Waals surface area contributed by atoms with Gasteiger partial charge >= 0.3 is 0 Å². The predicted molar refractivity (Wildman–Crippen MR) is 91.5 cm³/mol. The minimum absolute atomic E-state index is 0.00117. The Morgan fingerprint density at radius 3 is 2.79 bits per heavy atom. The monoisotopic (exact) mass is 326 g/mol. The number of carbonyl (C=O) groups excluding carboxylic acids is 2. The summed E-state index contributed by atoms with van der Waals surface area (Å²) in [5, 5.41) is 7.12. The summed E-state index contributed by atoms with van der Waals surface area (Å²) in [5.74, 6) is -0.379. The van der Waals surface area contributed by atoms with Crippen molar-refractivity contribution in [1.29, 1.82) is 0 Å². The van der Waals surface area contributed by atoms with Gasteiger partial charge in [-0.05, 0) is 32.0 Å². The minimum Gasteiger partial charge on any atom is -0.351 e. The van der Waals surface area contributed by atoms with Crippen molar-refractivity contribution < 1.29 is 9.59 Å². The Kier molecular flexibility index (Phi) is 4.64. The maximum absolute atomic E-state index is 12.4. The first kappa shape index (κ1) is 16.2. The van der Waals surface area contributed by atoms with Crippen molar-refractivity contribution >= 4 is 17.5 Å². The van der Waals surface area contributed by atoms with Crippen LogP contribution in [0.5, 0.6) is 0 Å². The van der Waals surface area contributed by atoms with Crippen molar-refractivity contribution in [2.75, 3.05) is 11.4 Å². The minimum atomic E-state index is -0.307. The predicted octanol–water partition coefficient (Wildman–Crippen LogP) is 1.75. The van der Waals surface area contributed by atoms with E-state index in [0.29, 0.717) is 13.1 Å². The molecule has 1 aliphatic rings. The van der Waals surface area contributed by atoms with Gasteiger partial charge in [-0.15, -0.1) is 0 Å². The fourth-order valence-electron chi connectivity index (χ4n) is 2.95. The largest absolute Gasteiger partial charge is 0.351 e. The lowest BCUT2D eigenvalue weighted by atomic mass is 10.1. The first-order valence-electron chi connectivity index (χ1n) is 8.18. The Bertz CT molecular complexity index is 709. The molecule has 0 radical (unpaired) electrons. The lowest BCUT2D eigenvalue weighted by Crippen LogP contribution is -2.40. The van der Waals surface area contributed by atoms with Gasteiger partial charge in [-0.25, -0.2) is 0 Å². The molecule has 1 aromatic carbocycles. The number of carbonyl (C=O) groups is 2. The molecule has 126 valence electrons. The fourth-order valence-corrected chi connectivity index (χ4v) is 2.95. The molecule has 6 nitrogen and oxygen atoms in total. The molecular formula is C18H22N4O2. The maximum Gasteiger partial charge on any atom is 0.227 e. The van der Waals surface area contributed by atoms with E-state index in [1.165, 1.54) is 0 Å². The van der Waals surface area contributed by atoms with Gasteiger partial charge < -0.3 is 10.2 Å². The van der Waals surface area contributed by atoms with Gasteiger partial charge in [-0.2, -0.15) is 5.10 Å². The molecule has 1 aromatic heterocycles. The average Bonchev–Trinajstić information content (AvgIpc) is 3.17. The number of hydrogen-bond donors (Lipinski definition) is 1. The van der Waals surface area contributed by atoms with Crippen LogP contribution in [-0.4, -0.2) is 34.2 Å². The van der Waals surface area contributed by atoms with Crippen LogP contribution < -0.4 is 10.2 Å². The summed E-state index contributed by atoms with van der Waals surface area (Å²) in [4.78, 5) is 26.4. The molecule has 0 bridgehead atoms. The number of aryl methyl sites for hydroxylation is 1. The third-order valence-electron chi connectivity index (χ3n) is 4.25. The molecule has 24 heavy (non-hydrogen) atoms. The van der Waals surface area contributed by atoms with Crippen LogP contribution in [0.2, 0.25) is 0 Å². The van der Waals surface area contributed by atoms with E-state index >= 15 is 0 Å². The number of rotatable bonds is 5. The summed E-state index contributed by atoms with van der Waals surface area (Å²) in [5.41, 5.74) is 2.00. The molecule has 0 aliphatic carbocycles. The molecule has 1 aliphatic heterocycles. The highest BCUT2D eigenvalue weighted by Crippen LogP contribution is 2.25. The number of benzene rings is 1. The van der Waals surface area contributed by atoms with Gasteiger partial charge in [-0.1, -0.05) is 17.7 Å². The Balaban J connectivity index is 1.58. The van der Waals surface area contributed by atoms with Gasteiger partial charge in [0.05, 0.1) is 12.5 Å². The van der Waals surface area contributed by atoms with Gasteiger partial charge in [0.2, 0.25) is 11.8 Å². The number of amides is 2. The van der Waals surface area contributed by atoms with E-state index in [4.69, 9.17) is 0 Å². The Morgan fingerprint density at radius 1 is 1.38 bits per heavy atom. The second kappa shape index (κ2) is 6.86. The fraction of sp³-hybridized carbons (Fsp3) is 0.389. The summed E-state index contributed by atoms with van der Waals surface area (Å²) in [6, 6.07) is 9.61. The summed E-state index contributed by atoms with van der Waals surface area (Å²) in [7, 11) is 0. The highest BCUT2D eigenvalue weighted by molar-refractivity contribution is 6.00. The maximum atomic E-state index is 12.4. The molecular weight excluding hydrogens is 304 g/mol. The molecule has 2 aromatic rings. The Labute approximate surface area is 141 Å². The van der Waals surface area contributed by atoms with Crippen LogP contribution in [0.1, 0.15) is 18.9 Å². The van der Waals surface area contributed by atoms with Crippen molar-refractivity contribution in [3.63, 3.8) is 0 Å². The smallest absolute Gasteiger partial charge is 0.227 e. The van der Waals surface area contributed by atoms with E-state index in [2.05, 4.69) is 10.4 Å². The third-order valence-corrected chi connectivity index (χ3v) is 4.25. The zero-order chi connectivity index (χ0) is 17.1.